The van der Waals surface area contributed by atoms with E-state index in [9.17, 15) is 8.42 Å². The van der Waals surface area contributed by atoms with Crippen LogP contribution in [0.3, 0.4) is 0 Å². The van der Waals surface area contributed by atoms with E-state index >= 15 is 0 Å². The minimum absolute atomic E-state index is 0.00874. The number of nitrogens with one attached hydrogen (secondary N) is 1. The Labute approximate surface area is 145 Å². The Kier molecular flexibility index (Phi) is 4.86. The van der Waals surface area contributed by atoms with E-state index in [1.165, 1.54) is 6.07 Å². The maximum atomic E-state index is 12.2. The van der Waals surface area contributed by atoms with Crippen LogP contribution in [-0.4, -0.2) is 50.4 Å². The van der Waals surface area contributed by atoms with E-state index < -0.39 is 9.84 Å². The molecule has 0 spiro atoms. The molecule has 2 aromatic rings. The zero-order valence-electron chi connectivity index (χ0n) is 13.5. The van der Waals surface area contributed by atoms with Crippen molar-refractivity contribution in [2.75, 3.05) is 31.4 Å². The summed E-state index contributed by atoms with van der Waals surface area (Å²) in [5.41, 5.74) is 1.84. The molecule has 0 bridgehead atoms. The van der Waals surface area contributed by atoms with E-state index in [4.69, 9.17) is 5.11 Å². The van der Waals surface area contributed by atoms with Gasteiger partial charge in [0.25, 0.3) is 0 Å². The van der Waals surface area contributed by atoms with Gasteiger partial charge in [-0.15, -0.1) is 5.11 Å². The molecule has 0 saturated heterocycles. The number of aromatic nitrogens is 1. The summed E-state index contributed by atoms with van der Waals surface area (Å²) in [6.45, 7) is 0.600. The molecule has 0 aliphatic carbocycles. The largest absolute Gasteiger partial charge is 0.395 e. The fourth-order valence-electron chi connectivity index (χ4n) is 2.51. The van der Waals surface area contributed by atoms with Crippen molar-refractivity contribution in [1.29, 1.82) is 0 Å². The molecule has 0 fully saturated rings. The summed E-state index contributed by atoms with van der Waals surface area (Å²) >= 11 is 0. The zero-order chi connectivity index (χ0) is 17.9. The number of aliphatic hydroxyl groups is 1. The number of hydrogen-bond acceptors (Lipinski definition) is 8. The van der Waals surface area contributed by atoms with Crippen LogP contribution in [0.5, 0.6) is 0 Å². The minimum Gasteiger partial charge on any atom is -0.395 e. The van der Waals surface area contributed by atoms with Gasteiger partial charge in [-0.1, -0.05) is 12.1 Å². The smallest absolute Gasteiger partial charge is 0.180 e. The van der Waals surface area contributed by atoms with Gasteiger partial charge in [0.1, 0.15) is 5.82 Å². The lowest BCUT2D eigenvalue weighted by Gasteiger charge is -2.13. The van der Waals surface area contributed by atoms with Crippen LogP contribution in [0.15, 0.2) is 56.6 Å². The number of hydrogen-bond donors (Lipinski definition) is 2. The van der Waals surface area contributed by atoms with E-state index in [-0.39, 0.29) is 18.2 Å². The summed E-state index contributed by atoms with van der Waals surface area (Å²) in [6, 6.07) is 8.61. The van der Waals surface area contributed by atoms with E-state index in [1.807, 2.05) is 6.07 Å². The Morgan fingerprint density at radius 1 is 1.24 bits per heavy atom. The molecule has 0 atom stereocenters. The van der Waals surface area contributed by atoms with Gasteiger partial charge in [-0.2, -0.15) is 5.11 Å². The molecular weight excluding hydrogens is 342 g/mol. The second kappa shape index (κ2) is 7.08. The first-order valence-electron chi connectivity index (χ1n) is 7.57. The average Bonchev–Trinajstić information content (AvgIpc) is 3.13. The van der Waals surface area contributed by atoms with Gasteiger partial charge in [0.15, 0.2) is 22.3 Å². The van der Waals surface area contributed by atoms with E-state index in [0.29, 0.717) is 29.3 Å². The Morgan fingerprint density at radius 2 is 2.08 bits per heavy atom. The quantitative estimate of drug-likeness (QED) is 0.814. The normalized spacial score (nSPS) is 13.8. The Bertz CT molecular complexity index is 937. The van der Waals surface area contributed by atoms with Gasteiger partial charge in [-0.3, -0.25) is 0 Å². The number of nitrogens with zero attached hydrogens (tertiary/aromatic N) is 4. The molecule has 25 heavy (non-hydrogen) atoms. The predicted octanol–water partition coefficient (Wildman–Crippen LogP) is 1.73. The lowest BCUT2D eigenvalue weighted by molar-refractivity contribution is 0.311. The molecule has 0 amide bonds. The first kappa shape index (κ1) is 17.2. The van der Waals surface area contributed by atoms with Gasteiger partial charge >= 0.3 is 0 Å². The number of azo groups is 1. The van der Waals surface area contributed by atoms with Crippen LogP contribution in [0, 0.1) is 0 Å². The van der Waals surface area contributed by atoms with Gasteiger partial charge in [0.05, 0.1) is 11.5 Å². The number of pyridine rings is 1. The Morgan fingerprint density at radius 3 is 2.68 bits per heavy atom. The number of rotatable bonds is 6. The van der Waals surface area contributed by atoms with Gasteiger partial charge in [0, 0.05) is 30.1 Å². The fourth-order valence-corrected chi connectivity index (χ4v) is 3.41. The summed E-state index contributed by atoms with van der Waals surface area (Å²) in [5, 5.41) is 19.6. The summed E-state index contributed by atoms with van der Waals surface area (Å²) in [4.78, 5) is 8.63. The molecule has 1 aliphatic rings. The van der Waals surface area contributed by atoms with Gasteiger partial charge in [-0.05, 0) is 23.8 Å². The zero-order valence-corrected chi connectivity index (χ0v) is 14.4. The molecule has 2 N–H and O–H groups in total. The first-order chi connectivity index (χ1) is 12.0. The molecule has 3 rings (SSSR count). The highest BCUT2D eigenvalue weighted by Crippen LogP contribution is 2.31. The van der Waals surface area contributed by atoms with Crippen molar-refractivity contribution in [1.82, 2.24) is 4.98 Å². The second-order valence-corrected chi connectivity index (χ2v) is 7.38. The Balaban J connectivity index is 2.11. The maximum Gasteiger partial charge on any atom is 0.180 e. The van der Waals surface area contributed by atoms with Crippen LogP contribution >= 0.6 is 0 Å². The number of sulfone groups is 1. The maximum absolute atomic E-state index is 12.2. The molecule has 0 radical (unpaired) electrons. The number of benzene rings is 1. The van der Waals surface area contributed by atoms with Gasteiger partial charge in [0.2, 0.25) is 0 Å². The molecule has 0 unspecified atom stereocenters. The molecular formula is C16H17N5O3S. The predicted molar refractivity (Wildman–Crippen MR) is 94.6 cm³/mol. The summed E-state index contributed by atoms with van der Waals surface area (Å²) in [7, 11) is -3.46. The van der Waals surface area contributed by atoms with Crippen molar-refractivity contribution in [3.8, 4) is 11.1 Å². The summed E-state index contributed by atoms with van der Waals surface area (Å²) in [5.74, 6) is 0.926. The van der Waals surface area contributed by atoms with Crippen molar-refractivity contribution in [3.05, 3.63) is 42.1 Å². The Hall–Kier alpha value is -2.65. The third-order valence-corrected chi connectivity index (χ3v) is 4.73. The SMILES string of the molecule is CS(=O)(=O)c1cccc(-c2ccc(NCCO)nc2)c1C1=NCN=N1. The van der Waals surface area contributed by atoms with Crippen molar-refractivity contribution in [2.24, 2.45) is 15.2 Å². The molecule has 9 heteroatoms. The van der Waals surface area contributed by atoms with Gasteiger partial charge < -0.3 is 10.4 Å². The standard InChI is InChI=1S/C16H17N5O3S/c1-25(23,24)13-4-2-3-12(15(13)16-19-10-20-21-16)11-5-6-14(18-9-11)17-7-8-22/h2-6,9,22H,7-8,10H2,1H3,(H,17,18). The highest BCUT2D eigenvalue weighted by Gasteiger charge is 2.23. The van der Waals surface area contributed by atoms with Crippen LogP contribution < -0.4 is 5.32 Å². The molecule has 1 aliphatic heterocycles. The lowest BCUT2D eigenvalue weighted by atomic mass is 10.0. The monoisotopic (exact) mass is 359 g/mol. The van der Waals surface area contributed by atoms with E-state index in [0.717, 1.165) is 11.8 Å². The minimum atomic E-state index is -3.46. The molecule has 2 heterocycles. The third kappa shape index (κ3) is 3.72. The number of amidine groups is 1. The summed E-state index contributed by atoms with van der Waals surface area (Å²) < 4.78 is 24.4. The number of aliphatic imine (C=N–C) groups is 1. The summed E-state index contributed by atoms with van der Waals surface area (Å²) in [6.07, 6.45) is 2.79. The van der Waals surface area contributed by atoms with Crippen molar-refractivity contribution in [2.45, 2.75) is 4.90 Å². The highest BCUT2D eigenvalue weighted by molar-refractivity contribution is 7.90. The molecule has 0 saturated carbocycles. The average molecular weight is 359 g/mol. The van der Waals surface area contributed by atoms with Crippen LogP contribution in [0.4, 0.5) is 5.82 Å². The number of anilines is 1. The number of aliphatic hydroxyl groups excluding tert-OH is 1. The van der Waals surface area contributed by atoms with E-state index in [1.54, 1.807) is 24.4 Å². The molecule has 8 nitrogen and oxygen atoms in total. The van der Waals surface area contributed by atoms with Crippen molar-refractivity contribution < 1.29 is 13.5 Å². The first-order valence-corrected chi connectivity index (χ1v) is 9.46. The van der Waals surface area contributed by atoms with Crippen molar-refractivity contribution >= 4 is 21.5 Å². The lowest BCUT2D eigenvalue weighted by Crippen LogP contribution is -2.09. The van der Waals surface area contributed by atoms with Crippen LogP contribution in [0.25, 0.3) is 11.1 Å². The molecule has 130 valence electrons. The van der Waals surface area contributed by atoms with Crippen molar-refractivity contribution in [3.63, 3.8) is 0 Å². The van der Waals surface area contributed by atoms with Crippen LogP contribution in [-0.2, 0) is 9.84 Å². The van der Waals surface area contributed by atoms with Crippen LogP contribution in [0.2, 0.25) is 0 Å². The second-order valence-electron chi connectivity index (χ2n) is 5.40. The topological polar surface area (TPSA) is 116 Å². The molecule has 1 aromatic carbocycles. The molecule has 1 aromatic heterocycles. The van der Waals surface area contributed by atoms with Crippen LogP contribution in [0.1, 0.15) is 5.56 Å². The highest BCUT2D eigenvalue weighted by atomic mass is 32.2. The van der Waals surface area contributed by atoms with E-state index in [2.05, 4.69) is 25.5 Å². The fraction of sp³-hybridized carbons (Fsp3) is 0.250. The third-order valence-electron chi connectivity index (χ3n) is 3.59. The van der Waals surface area contributed by atoms with Gasteiger partial charge in [-0.25, -0.2) is 18.4 Å².